The Morgan fingerprint density at radius 3 is 2.40 bits per heavy atom. The molecule has 0 aromatic carbocycles. The molecular formula is C15H24N2O3. The Morgan fingerprint density at radius 2 is 1.75 bits per heavy atom. The van der Waals surface area contributed by atoms with E-state index in [1.807, 2.05) is 4.90 Å². The second kappa shape index (κ2) is 5.02. The van der Waals surface area contributed by atoms with Gasteiger partial charge in [0.1, 0.15) is 5.54 Å². The van der Waals surface area contributed by atoms with Crippen molar-refractivity contribution in [2.75, 3.05) is 19.8 Å². The van der Waals surface area contributed by atoms with Crippen molar-refractivity contribution in [2.45, 2.75) is 62.9 Å². The zero-order valence-corrected chi connectivity index (χ0v) is 12.2. The predicted molar refractivity (Wildman–Crippen MR) is 74.1 cm³/mol. The van der Waals surface area contributed by atoms with Gasteiger partial charge < -0.3 is 15.0 Å². The van der Waals surface area contributed by atoms with Gasteiger partial charge in [0.25, 0.3) is 0 Å². The maximum absolute atomic E-state index is 13.1. The van der Waals surface area contributed by atoms with Crippen molar-refractivity contribution < 1.29 is 14.3 Å². The van der Waals surface area contributed by atoms with Crippen molar-refractivity contribution in [1.82, 2.24) is 10.2 Å². The molecule has 3 rings (SSSR count). The highest BCUT2D eigenvalue weighted by Crippen LogP contribution is 2.37. The number of nitrogens with one attached hydrogen (secondary N) is 1. The molecule has 0 aromatic heterocycles. The fraction of sp³-hybridized carbons (Fsp3) is 0.867. The minimum Gasteiger partial charge on any atom is -0.381 e. The summed E-state index contributed by atoms with van der Waals surface area (Å²) in [6.07, 6.45) is 5.79. The van der Waals surface area contributed by atoms with Gasteiger partial charge in [0, 0.05) is 31.7 Å². The summed E-state index contributed by atoms with van der Waals surface area (Å²) in [5.41, 5.74) is -0.772. The van der Waals surface area contributed by atoms with Crippen LogP contribution < -0.4 is 5.32 Å². The number of hydrogen-bond acceptors (Lipinski definition) is 3. The molecule has 1 saturated carbocycles. The summed E-state index contributed by atoms with van der Waals surface area (Å²) in [4.78, 5) is 27.1. The first-order valence-electron chi connectivity index (χ1n) is 7.77. The van der Waals surface area contributed by atoms with Gasteiger partial charge in [0.2, 0.25) is 11.8 Å². The number of carbonyl (C=O) groups is 2. The fourth-order valence-electron chi connectivity index (χ4n) is 3.87. The normalized spacial score (nSPS) is 29.4. The molecule has 2 aliphatic heterocycles. The highest BCUT2D eigenvalue weighted by Gasteiger charge is 2.50. The van der Waals surface area contributed by atoms with Crippen LogP contribution in [-0.2, 0) is 14.3 Å². The molecule has 1 N–H and O–H groups in total. The molecule has 0 unspecified atom stereocenters. The van der Waals surface area contributed by atoms with Crippen LogP contribution >= 0.6 is 0 Å². The lowest BCUT2D eigenvalue weighted by molar-refractivity contribution is -0.147. The Hall–Kier alpha value is -1.10. The molecule has 5 nitrogen and oxygen atoms in total. The molecule has 3 aliphatic rings. The van der Waals surface area contributed by atoms with Gasteiger partial charge in [0.05, 0.1) is 0 Å². The van der Waals surface area contributed by atoms with Crippen LogP contribution in [0.15, 0.2) is 0 Å². The fourth-order valence-corrected chi connectivity index (χ4v) is 3.87. The molecule has 0 aromatic rings. The predicted octanol–water partition coefficient (Wildman–Crippen LogP) is 1.22. The summed E-state index contributed by atoms with van der Waals surface area (Å²) >= 11 is 0. The lowest BCUT2D eigenvalue weighted by Gasteiger charge is -2.46. The number of carbonyl (C=O) groups excluding carboxylic acids is 2. The Bertz CT molecular complexity index is 409. The Kier molecular flexibility index (Phi) is 3.48. The standard InChI is InChI=1S/C15H24N2O3/c1-14(7-10-20-11-8-14)17-9-4-12(18)16-15(13(17)19)5-2-3-6-15/h2-11H2,1H3,(H,16,18). The van der Waals surface area contributed by atoms with Crippen LogP contribution in [0.4, 0.5) is 0 Å². The zero-order valence-electron chi connectivity index (χ0n) is 12.2. The molecule has 112 valence electrons. The van der Waals surface area contributed by atoms with Crippen LogP contribution in [0.1, 0.15) is 51.9 Å². The third kappa shape index (κ3) is 2.22. The minimum absolute atomic E-state index is 0.0263. The van der Waals surface area contributed by atoms with Crippen molar-refractivity contribution in [3.05, 3.63) is 0 Å². The van der Waals surface area contributed by atoms with Gasteiger partial charge in [-0.1, -0.05) is 12.8 Å². The lowest BCUT2D eigenvalue weighted by Crippen LogP contribution is -2.61. The number of ether oxygens (including phenoxy) is 1. The second-order valence-electron chi connectivity index (χ2n) is 6.65. The summed E-state index contributed by atoms with van der Waals surface area (Å²) < 4.78 is 5.44. The summed E-state index contributed by atoms with van der Waals surface area (Å²) in [5, 5.41) is 3.03. The van der Waals surface area contributed by atoms with E-state index < -0.39 is 5.54 Å². The van der Waals surface area contributed by atoms with Crippen molar-refractivity contribution in [2.24, 2.45) is 0 Å². The monoisotopic (exact) mass is 280 g/mol. The first-order valence-corrected chi connectivity index (χ1v) is 7.77. The molecule has 5 heteroatoms. The van der Waals surface area contributed by atoms with Crippen molar-refractivity contribution in [3.63, 3.8) is 0 Å². The molecule has 20 heavy (non-hydrogen) atoms. The third-order valence-corrected chi connectivity index (χ3v) is 5.27. The maximum atomic E-state index is 13.1. The summed E-state index contributed by atoms with van der Waals surface area (Å²) in [7, 11) is 0. The maximum Gasteiger partial charge on any atom is 0.248 e. The van der Waals surface area contributed by atoms with E-state index in [0.717, 1.165) is 38.5 Å². The van der Waals surface area contributed by atoms with Gasteiger partial charge in [-0.25, -0.2) is 0 Å². The van der Waals surface area contributed by atoms with Gasteiger partial charge >= 0.3 is 0 Å². The SMILES string of the molecule is CC1(N2CCC(=O)NC3(CCCC3)C2=O)CCOCC1. The van der Waals surface area contributed by atoms with Crippen LogP contribution in [0, 0.1) is 0 Å². The molecule has 1 spiro atoms. The van der Waals surface area contributed by atoms with Crippen molar-refractivity contribution in [1.29, 1.82) is 0 Å². The lowest BCUT2D eigenvalue weighted by atomic mass is 9.87. The second-order valence-corrected chi connectivity index (χ2v) is 6.65. The van der Waals surface area contributed by atoms with E-state index in [-0.39, 0.29) is 17.4 Å². The quantitative estimate of drug-likeness (QED) is 0.785. The van der Waals surface area contributed by atoms with Crippen molar-refractivity contribution >= 4 is 11.8 Å². The van der Waals surface area contributed by atoms with Crippen LogP contribution in [0.2, 0.25) is 0 Å². The van der Waals surface area contributed by atoms with Crippen LogP contribution in [0.5, 0.6) is 0 Å². The first-order chi connectivity index (χ1) is 9.56. The van der Waals surface area contributed by atoms with E-state index in [2.05, 4.69) is 12.2 Å². The zero-order chi connectivity index (χ0) is 14.2. The first kappa shape index (κ1) is 13.9. The molecule has 2 heterocycles. The van der Waals surface area contributed by atoms with E-state index in [9.17, 15) is 9.59 Å². The van der Waals surface area contributed by atoms with Crippen molar-refractivity contribution in [3.8, 4) is 0 Å². The molecule has 0 bridgehead atoms. The topological polar surface area (TPSA) is 58.6 Å². The highest BCUT2D eigenvalue weighted by molar-refractivity contribution is 5.94. The van der Waals surface area contributed by atoms with E-state index in [4.69, 9.17) is 4.74 Å². The minimum atomic E-state index is -0.616. The van der Waals surface area contributed by atoms with Gasteiger partial charge in [0.15, 0.2) is 0 Å². The molecule has 3 fully saturated rings. The van der Waals surface area contributed by atoms with Gasteiger partial charge in [-0.15, -0.1) is 0 Å². The van der Waals surface area contributed by atoms with Gasteiger partial charge in [-0.2, -0.15) is 0 Å². The average molecular weight is 280 g/mol. The summed E-state index contributed by atoms with van der Waals surface area (Å²) in [5.74, 6) is 0.170. The van der Waals surface area contributed by atoms with E-state index in [0.29, 0.717) is 26.2 Å². The molecule has 0 radical (unpaired) electrons. The number of amides is 2. The van der Waals surface area contributed by atoms with E-state index in [1.54, 1.807) is 0 Å². The summed E-state index contributed by atoms with van der Waals surface area (Å²) in [6, 6.07) is 0. The number of nitrogens with zero attached hydrogens (tertiary/aromatic N) is 1. The Balaban J connectivity index is 1.89. The Morgan fingerprint density at radius 1 is 1.10 bits per heavy atom. The average Bonchev–Trinajstić information content (AvgIpc) is 2.84. The molecule has 2 amide bonds. The van der Waals surface area contributed by atoms with E-state index in [1.165, 1.54) is 0 Å². The molecule has 0 atom stereocenters. The number of hydrogen-bond donors (Lipinski definition) is 1. The molecule has 1 aliphatic carbocycles. The third-order valence-electron chi connectivity index (χ3n) is 5.27. The van der Waals surface area contributed by atoms with E-state index >= 15 is 0 Å². The van der Waals surface area contributed by atoms with Crippen LogP contribution in [0.25, 0.3) is 0 Å². The van der Waals surface area contributed by atoms with Gasteiger partial charge in [-0.3, -0.25) is 9.59 Å². The molecule has 2 saturated heterocycles. The molecular weight excluding hydrogens is 256 g/mol. The number of rotatable bonds is 1. The van der Waals surface area contributed by atoms with Gasteiger partial charge in [-0.05, 0) is 32.6 Å². The van der Waals surface area contributed by atoms with Crippen LogP contribution in [0.3, 0.4) is 0 Å². The smallest absolute Gasteiger partial charge is 0.248 e. The van der Waals surface area contributed by atoms with Crippen LogP contribution in [-0.4, -0.2) is 47.6 Å². The Labute approximate surface area is 120 Å². The highest BCUT2D eigenvalue weighted by atomic mass is 16.5. The summed E-state index contributed by atoms with van der Waals surface area (Å²) in [6.45, 7) is 4.10. The largest absolute Gasteiger partial charge is 0.381 e.